The number of aromatic nitrogens is 3. The SMILES string of the molecule is CCc1nn(C)cc1NCc1cccnc1C#N. The zero-order valence-electron chi connectivity index (χ0n) is 10.5. The molecule has 0 fully saturated rings. The summed E-state index contributed by atoms with van der Waals surface area (Å²) in [5, 5.41) is 16.6. The lowest BCUT2D eigenvalue weighted by molar-refractivity contribution is 0.746. The van der Waals surface area contributed by atoms with E-state index in [1.807, 2.05) is 25.4 Å². The van der Waals surface area contributed by atoms with Crippen molar-refractivity contribution in [2.45, 2.75) is 19.9 Å². The van der Waals surface area contributed by atoms with Crippen molar-refractivity contribution in [3.05, 3.63) is 41.5 Å². The Balaban J connectivity index is 2.14. The highest BCUT2D eigenvalue weighted by atomic mass is 15.3. The van der Waals surface area contributed by atoms with E-state index in [4.69, 9.17) is 5.26 Å². The Hall–Kier alpha value is -2.35. The summed E-state index contributed by atoms with van der Waals surface area (Å²) in [5.74, 6) is 0. The highest BCUT2D eigenvalue weighted by Gasteiger charge is 2.07. The standard InChI is InChI=1S/C13H15N5/c1-3-11-13(9-18(2)17-11)16-8-10-5-4-6-15-12(10)7-14/h4-6,9,16H,3,8H2,1-2H3. The van der Waals surface area contributed by atoms with Gasteiger partial charge in [0.1, 0.15) is 11.8 Å². The van der Waals surface area contributed by atoms with E-state index in [0.29, 0.717) is 12.2 Å². The molecule has 2 aromatic heterocycles. The molecule has 0 bridgehead atoms. The Kier molecular flexibility index (Phi) is 3.58. The van der Waals surface area contributed by atoms with Crippen LogP contribution in [0, 0.1) is 11.3 Å². The van der Waals surface area contributed by atoms with Crippen molar-refractivity contribution in [1.82, 2.24) is 14.8 Å². The van der Waals surface area contributed by atoms with Gasteiger partial charge in [-0.25, -0.2) is 4.98 Å². The number of nitrogens with zero attached hydrogens (tertiary/aromatic N) is 4. The van der Waals surface area contributed by atoms with Gasteiger partial charge in [0, 0.05) is 31.5 Å². The lowest BCUT2D eigenvalue weighted by Crippen LogP contribution is -2.03. The third-order valence-corrected chi connectivity index (χ3v) is 2.71. The van der Waals surface area contributed by atoms with Gasteiger partial charge in [-0.1, -0.05) is 13.0 Å². The molecule has 5 nitrogen and oxygen atoms in total. The van der Waals surface area contributed by atoms with Gasteiger partial charge in [0.2, 0.25) is 0 Å². The molecular weight excluding hydrogens is 226 g/mol. The fraction of sp³-hybridized carbons (Fsp3) is 0.308. The van der Waals surface area contributed by atoms with Crippen molar-refractivity contribution in [1.29, 1.82) is 5.26 Å². The van der Waals surface area contributed by atoms with Gasteiger partial charge >= 0.3 is 0 Å². The summed E-state index contributed by atoms with van der Waals surface area (Å²) in [5.41, 5.74) is 3.39. The lowest BCUT2D eigenvalue weighted by atomic mass is 10.2. The number of pyridine rings is 1. The Labute approximate surface area is 106 Å². The van der Waals surface area contributed by atoms with Crippen molar-refractivity contribution in [3.8, 4) is 6.07 Å². The number of nitriles is 1. The van der Waals surface area contributed by atoms with Gasteiger partial charge in [0.15, 0.2) is 0 Å². The summed E-state index contributed by atoms with van der Waals surface area (Å²) in [6, 6.07) is 5.83. The number of hydrogen-bond donors (Lipinski definition) is 1. The number of anilines is 1. The molecule has 0 aliphatic carbocycles. The van der Waals surface area contributed by atoms with Gasteiger partial charge in [-0.15, -0.1) is 0 Å². The molecule has 92 valence electrons. The van der Waals surface area contributed by atoms with Crippen LogP contribution in [0.2, 0.25) is 0 Å². The molecule has 0 amide bonds. The maximum Gasteiger partial charge on any atom is 0.145 e. The minimum Gasteiger partial charge on any atom is -0.378 e. The molecule has 0 radical (unpaired) electrons. The summed E-state index contributed by atoms with van der Waals surface area (Å²) in [4.78, 5) is 4.04. The maximum absolute atomic E-state index is 8.96. The van der Waals surface area contributed by atoms with E-state index >= 15 is 0 Å². The molecule has 0 aromatic carbocycles. The predicted molar refractivity (Wildman–Crippen MR) is 68.9 cm³/mol. The van der Waals surface area contributed by atoms with Crippen LogP contribution in [0.5, 0.6) is 0 Å². The molecule has 0 spiro atoms. The predicted octanol–water partition coefficient (Wildman–Crippen LogP) is 1.86. The minimum absolute atomic E-state index is 0.465. The van der Waals surface area contributed by atoms with E-state index in [-0.39, 0.29) is 0 Å². The number of nitrogens with one attached hydrogen (secondary N) is 1. The zero-order chi connectivity index (χ0) is 13.0. The Morgan fingerprint density at radius 1 is 1.50 bits per heavy atom. The topological polar surface area (TPSA) is 66.5 Å². The first-order valence-corrected chi connectivity index (χ1v) is 5.85. The maximum atomic E-state index is 8.96. The quantitative estimate of drug-likeness (QED) is 0.887. The molecule has 0 aliphatic rings. The van der Waals surface area contributed by atoms with Crippen molar-refractivity contribution in [2.24, 2.45) is 7.05 Å². The van der Waals surface area contributed by atoms with Gasteiger partial charge < -0.3 is 5.32 Å². The molecule has 0 aliphatic heterocycles. The molecule has 0 saturated heterocycles. The Morgan fingerprint density at radius 3 is 3.06 bits per heavy atom. The van der Waals surface area contributed by atoms with Crippen molar-refractivity contribution >= 4 is 5.69 Å². The Morgan fingerprint density at radius 2 is 2.33 bits per heavy atom. The average Bonchev–Trinajstić information content (AvgIpc) is 2.77. The number of aryl methyl sites for hydroxylation is 2. The smallest absolute Gasteiger partial charge is 0.145 e. The van der Waals surface area contributed by atoms with Crippen LogP contribution in [0.15, 0.2) is 24.5 Å². The third kappa shape index (κ3) is 2.48. The van der Waals surface area contributed by atoms with Crippen molar-refractivity contribution in [3.63, 3.8) is 0 Å². The second kappa shape index (κ2) is 5.32. The van der Waals surface area contributed by atoms with Crippen LogP contribution in [-0.4, -0.2) is 14.8 Å². The van der Waals surface area contributed by atoms with Gasteiger partial charge in [0.25, 0.3) is 0 Å². The highest BCUT2D eigenvalue weighted by Crippen LogP contribution is 2.15. The second-order valence-electron chi connectivity index (χ2n) is 3.99. The van der Waals surface area contributed by atoms with Crippen molar-refractivity contribution < 1.29 is 0 Å². The normalized spacial score (nSPS) is 10.1. The third-order valence-electron chi connectivity index (χ3n) is 2.71. The zero-order valence-corrected chi connectivity index (χ0v) is 10.5. The second-order valence-corrected chi connectivity index (χ2v) is 3.99. The van der Waals surface area contributed by atoms with Crippen molar-refractivity contribution in [2.75, 3.05) is 5.32 Å². The van der Waals surface area contributed by atoms with E-state index in [1.165, 1.54) is 0 Å². The summed E-state index contributed by atoms with van der Waals surface area (Å²) < 4.78 is 1.79. The van der Waals surface area contributed by atoms with Gasteiger partial charge in [0.05, 0.1) is 11.4 Å². The number of rotatable bonds is 4. The van der Waals surface area contributed by atoms with E-state index in [1.54, 1.807) is 10.9 Å². The summed E-state index contributed by atoms with van der Waals surface area (Å²) in [6.07, 6.45) is 4.45. The van der Waals surface area contributed by atoms with E-state index in [0.717, 1.165) is 23.4 Å². The average molecular weight is 241 g/mol. The molecular formula is C13H15N5. The van der Waals surface area contributed by atoms with E-state index in [2.05, 4.69) is 28.4 Å². The largest absolute Gasteiger partial charge is 0.378 e. The fourth-order valence-corrected chi connectivity index (χ4v) is 1.82. The first-order valence-electron chi connectivity index (χ1n) is 5.85. The molecule has 0 atom stereocenters. The van der Waals surface area contributed by atoms with Crippen LogP contribution in [0.1, 0.15) is 23.9 Å². The van der Waals surface area contributed by atoms with Crippen LogP contribution in [0.4, 0.5) is 5.69 Å². The molecule has 5 heteroatoms. The molecule has 2 rings (SSSR count). The molecule has 2 aromatic rings. The Bertz CT molecular complexity index is 579. The van der Waals surface area contributed by atoms with Gasteiger partial charge in [-0.2, -0.15) is 10.4 Å². The summed E-state index contributed by atoms with van der Waals surface area (Å²) in [6.45, 7) is 2.65. The molecule has 0 saturated carbocycles. The lowest BCUT2D eigenvalue weighted by Gasteiger charge is -2.06. The van der Waals surface area contributed by atoms with Crippen LogP contribution in [-0.2, 0) is 20.0 Å². The minimum atomic E-state index is 0.465. The van der Waals surface area contributed by atoms with Crippen LogP contribution < -0.4 is 5.32 Å². The first-order chi connectivity index (χ1) is 8.74. The molecule has 1 N–H and O–H groups in total. The number of hydrogen-bond acceptors (Lipinski definition) is 4. The summed E-state index contributed by atoms with van der Waals surface area (Å²) >= 11 is 0. The molecule has 18 heavy (non-hydrogen) atoms. The molecule has 0 unspecified atom stereocenters. The summed E-state index contributed by atoms with van der Waals surface area (Å²) in [7, 11) is 1.90. The molecule has 2 heterocycles. The van der Waals surface area contributed by atoms with Crippen LogP contribution >= 0.6 is 0 Å². The highest BCUT2D eigenvalue weighted by molar-refractivity contribution is 5.47. The van der Waals surface area contributed by atoms with Gasteiger partial charge in [-0.3, -0.25) is 4.68 Å². The fourth-order valence-electron chi connectivity index (χ4n) is 1.82. The van der Waals surface area contributed by atoms with E-state index in [9.17, 15) is 0 Å². The monoisotopic (exact) mass is 241 g/mol. The van der Waals surface area contributed by atoms with E-state index < -0.39 is 0 Å². The van der Waals surface area contributed by atoms with Crippen LogP contribution in [0.3, 0.4) is 0 Å². The van der Waals surface area contributed by atoms with Crippen LogP contribution in [0.25, 0.3) is 0 Å². The van der Waals surface area contributed by atoms with Gasteiger partial charge in [-0.05, 0) is 12.5 Å². The first kappa shape index (κ1) is 12.1.